The Hall–Kier alpha value is -2.29. The van der Waals surface area contributed by atoms with E-state index in [1.54, 1.807) is 50.4 Å². The zero-order valence-electron chi connectivity index (χ0n) is 18.3. The highest BCUT2D eigenvalue weighted by molar-refractivity contribution is 7.83. The van der Waals surface area contributed by atoms with Crippen molar-refractivity contribution in [2.24, 2.45) is 0 Å². The van der Waals surface area contributed by atoms with Crippen LogP contribution in [0.1, 0.15) is 64.7 Å². The van der Waals surface area contributed by atoms with E-state index in [1.165, 1.54) is 6.42 Å². The van der Waals surface area contributed by atoms with Gasteiger partial charge in [0.1, 0.15) is 11.0 Å². The van der Waals surface area contributed by atoms with Crippen molar-refractivity contribution in [1.29, 1.82) is 5.41 Å². The first-order valence-corrected chi connectivity index (χ1v) is 10.4. The van der Waals surface area contributed by atoms with Crippen LogP contribution in [0.25, 0.3) is 0 Å². The van der Waals surface area contributed by atoms with Crippen molar-refractivity contribution in [2.75, 3.05) is 7.05 Å². The molecule has 0 aliphatic carbocycles. The van der Waals surface area contributed by atoms with Gasteiger partial charge in [0.05, 0.1) is 4.90 Å². The van der Waals surface area contributed by atoms with Gasteiger partial charge < -0.3 is 5.41 Å². The summed E-state index contributed by atoms with van der Waals surface area (Å²) in [6.07, 6.45) is 15.5. The Balaban J connectivity index is -0.000000523. The molecule has 5 heteroatoms. The number of ketones is 1. The van der Waals surface area contributed by atoms with Gasteiger partial charge in [0, 0.05) is 16.8 Å². The maximum Gasteiger partial charge on any atom is 0.192 e. The highest BCUT2D eigenvalue weighted by Gasteiger charge is 2.11. The minimum Gasteiger partial charge on any atom is -0.310 e. The second kappa shape index (κ2) is 21.0. The molecule has 0 aliphatic heterocycles. The highest BCUT2D eigenvalue weighted by Crippen LogP contribution is 2.13. The van der Waals surface area contributed by atoms with Crippen LogP contribution >= 0.6 is 0 Å². The standard InChI is InChI=1S/C14H17NO2S.C4H9N.C3H8.C2H2/c1-4-7-11(5-2)14(16)12-8-6-9-13(10-12)18(17)15-3;1-3-4(2)5;1-3-2;1-2/h4-10,15H,1-3H3;5H,3H2,1-2H3;3H2,1-2H3;1-2H/b7-4-,11-5+;;;. The van der Waals surface area contributed by atoms with Crippen molar-refractivity contribution in [3.8, 4) is 12.8 Å². The Kier molecular flexibility index (Phi) is 22.8. The second-order valence-corrected chi connectivity index (χ2v) is 6.83. The number of carbonyl (C=O) groups excluding carboxylic acids is 1. The number of terminal acetylenes is 1. The van der Waals surface area contributed by atoms with E-state index in [9.17, 15) is 9.00 Å². The summed E-state index contributed by atoms with van der Waals surface area (Å²) < 4.78 is 14.3. The summed E-state index contributed by atoms with van der Waals surface area (Å²) >= 11 is 0. The van der Waals surface area contributed by atoms with Crippen LogP contribution in [0, 0.1) is 18.3 Å². The van der Waals surface area contributed by atoms with E-state index in [0.717, 1.165) is 12.1 Å². The van der Waals surface area contributed by atoms with Crippen LogP contribution in [0.3, 0.4) is 0 Å². The smallest absolute Gasteiger partial charge is 0.192 e. The van der Waals surface area contributed by atoms with E-state index in [2.05, 4.69) is 31.4 Å². The molecule has 0 amide bonds. The Labute approximate surface area is 174 Å². The van der Waals surface area contributed by atoms with E-state index >= 15 is 0 Å². The predicted molar refractivity (Wildman–Crippen MR) is 124 cm³/mol. The molecular weight excluding hydrogens is 368 g/mol. The summed E-state index contributed by atoms with van der Waals surface area (Å²) in [5, 5.41) is 6.74. The quantitative estimate of drug-likeness (QED) is 0.209. The number of hydrogen-bond acceptors (Lipinski definition) is 3. The van der Waals surface area contributed by atoms with Crippen molar-refractivity contribution in [2.45, 2.75) is 59.3 Å². The lowest BCUT2D eigenvalue weighted by atomic mass is 10.0. The Bertz CT molecular complexity index is 674. The van der Waals surface area contributed by atoms with Crippen LogP contribution in [0.4, 0.5) is 0 Å². The summed E-state index contributed by atoms with van der Waals surface area (Å²) in [5.41, 5.74) is 1.93. The molecule has 4 nitrogen and oxygen atoms in total. The lowest BCUT2D eigenvalue weighted by Crippen LogP contribution is -2.11. The van der Waals surface area contributed by atoms with Crippen molar-refractivity contribution < 1.29 is 9.00 Å². The minimum absolute atomic E-state index is 0.0643. The molecule has 1 aromatic carbocycles. The monoisotopic (exact) mass is 404 g/mol. The zero-order valence-corrected chi connectivity index (χ0v) is 19.2. The minimum atomic E-state index is -1.28. The SMILES string of the molecule is C#C.C/C=C\C(=C/C)C(=O)c1cccc(S(=O)NC)c1.CCC.CCC(C)=N. The van der Waals surface area contributed by atoms with Crippen LogP contribution < -0.4 is 4.72 Å². The number of nitrogens with one attached hydrogen (secondary N) is 2. The maximum absolute atomic E-state index is 12.2. The van der Waals surface area contributed by atoms with E-state index in [-0.39, 0.29) is 5.78 Å². The summed E-state index contributed by atoms with van der Waals surface area (Å²) in [6, 6.07) is 6.85. The van der Waals surface area contributed by atoms with Crippen LogP contribution in [0.5, 0.6) is 0 Å². The fourth-order valence-corrected chi connectivity index (χ4v) is 2.19. The van der Waals surface area contributed by atoms with Gasteiger partial charge in [-0.15, -0.1) is 12.8 Å². The van der Waals surface area contributed by atoms with Crippen LogP contribution in [0.2, 0.25) is 0 Å². The van der Waals surface area contributed by atoms with E-state index in [1.807, 2.05) is 26.8 Å². The summed E-state index contributed by atoms with van der Waals surface area (Å²) in [5.74, 6) is -0.0643. The third kappa shape index (κ3) is 14.8. The molecule has 0 spiro atoms. The molecule has 0 saturated heterocycles. The van der Waals surface area contributed by atoms with E-state index < -0.39 is 11.0 Å². The normalized spacial score (nSPS) is 11.0. The van der Waals surface area contributed by atoms with Crippen molar-refractivity contribution >= 4 is 22.5 Å². The van der Waals surface area contributed by atoms with E-state index in [4.69, 9.17) is 5.41 Å². The van der Waals surface area contributed by atoms with Crippen LogP contribution in [-0.4, -0.2) is 22.8 Å². The first-order chi connectivity index (χ1) is 13.3. The predicted octanol–water partition coefficient (Wildman–Crippen LogP) is 5.74. The average Bonchev–Trinajstić information content (AvgIpc) is 2.73. The topological polar surface area (TPSA) is 70.0 Å². The fraction of sp³-hybridized carbons (Fsp3) is 0.391. The lowest BCUT2D eigenvalue weighted by molar-refractivity contribution is 0.103. The molecule has 2 N–H and O–H groups in total. The van der Waals surface area contributed by atoms with Crippen LogP contribution in [0.15, 0.2) is 53.0 Å². The van der Waals surface area contributed by atoms with Crippen molar-refractivity contribution in [3.63, 3.8) is 0 Å². The third-order valence-corrected chi connectivity index (χ3v) is 4.00. The zero-order chi connectivity index (χ0) is 22.5. The first kappa shape index (κ1) is 30.4. The maximum atomic E-state index is 12.2. The number of benzene rings is 1. The molecule has 0 saturated carbocycles. The van der Waals surface area contributed by atoms with Gasteiger partial charge in [-0.25, -0.2) is 8.93 Å². The molecule has 0 bridgehead atoms. The molecule has 0 aliphatic rings. The molecule has 1 rings (SSSR count). The average molecular weight is 405 g/mol. The number of carbonyl (C=O) groups is 1. The van der Waals surface area contributed by atoms with Gasteiger partial charge in [-0.2, -0.15) is 0 Å². The molecule has 1 unspecified atom stereocenters. The number of rotatable bonds is 6. The number of Topliss-reactive ketones (excluding diaryl/α,β-unsaturated/α-hetero) is 1. The van der Waals surface area contributed by atoms with Gasteiger partial charge in [0.2, 0.25) is 0 Å². The van der Waals surface area contributed by atoms with E-state index in [0.29, 0.717) is 16.0 Å². The summed E-state index contributed by atoms with van der Waals surface area (Å²) in [6.45, 7) is 11.7. The van der Waals surface area contributed by atoms with Gasteiger partial charge in [-0.05, 0) is 46.4 Å². The van der Waals surface area contributed by atoms with Gasteiger partial charge >= 0.3 is 0 Å². The summed E-state index contributed by atoms with van der Waals surface area (Å²) in [4.78, 5) is 12.8. The molecule has 0 fully saturated rings. The van der Waals surface area contributed by atoms with Gasteiger partial charge in [-0.3, -0.25) is 4.79 Å². The van der Waals surface area contributed by atoms with Crippen LogP contribution in [-0.2, 0) is 11.0 Å². The molecule has 156 valence electrons. The molecule has 0 heterocycles. The molecule has 1 aromatic rings. The lowest BCUT2D eigenvalue weighted by Gasteiger charge is -2.04. The Morgan fingerprint density at radius 3 is 2.07 bits per heavy atom. The van der Waals surface area contributed by atoms with Crippen molar-refractivity contribution in [1.82, 2.24) is 4.72 Å². The summed E-state index contributed by atoms with van der Waals surface area (Å²) in [7, 11) is 0.337. The highest BCUT2D eigenvalue weighted by atomic mass is 32.2. The molecule has 0 aromatic heterocycles. The second-order valence-electron chi connectivity index (χ2n) is 5.41. The largest absolute Gasteiger partial charge is 0.310 e. The van der Waals surface area contributed by atoms with Gasteiger partial charge in [0.15, 0.2) is 5.78 Å². The first-order valence-electron chi connectivity index (χ1n) is 9.22. The molecular formula is C23H36N2O2S. The third-order valence-electron chi connectivity index (χ3n) is 2.95. The fourth-order valence-electron chi connectivity index (χ4n) is 1.52. The Morgan fingerprint density at radius 1 is 1.21 bits per heavy atom. The Morgan fingerprint density at radius 2 is 1.71 bits per heavy atom. The van der Waals surface area contributed by atoms with Crippen molar-refractivity contribution in [3.05, 3.63) is 53.6 Å². The number of hydrogen-bond donors (Lipinski definition) is 2. The molecule has 0 radical (unpaired) electrons. The number of allylic oxidation sites excluding steroid dienone is 4. The molecule has 28 heavy (non-hydrogen) atoms. The van der Waals surface area contributed by atoms with Gasteiger partial charge in [-0.1, -0.05) is 57.6 Å². The van der Waals surface area contributed by atoms with Gasteiger partial charge in [0.25, 0.3) is 0 Å². The molecule has 1 atom stereocenters.